The van der Waals surface area contributed by atoms with Gasteiger partial charge < -0.3 is 10.3 Å². The van der Waals surface area contributed by atoms with Crippen LogP contribution >= 0.6 is 11.6 Å². The van der Waals surface area contributed by atoms with E-state index >= 15 is 0 Å². The number of hydrogen-bond acceptors (Lipinski definition) is 5. The van der Waals surface area contributed by atoms with Crippen molar-refractivity contribution >= 4 is 11.6 Å². The quantitative estimate of drug-likeness (QED) is 0.883. The van der Waals surface area contributed by atoms with Crippen LogP contribution in [-0.4, -0.2) is 21.7 Å². The first-order chi connectivity index (χ1) is 7.72. The van der Waals surface area contributed by atoms with E-state index < -0.39 is 0 Å². The zero-order chi connectivity index (χ0) is 11.5. The molecule has 0 fully saturated rings. The van der Waals surface area contributed by atoms with E-state index in [1.807, 2.05) is 6.92 Å². The maximum Gasteiger partial charge on any atom is 0.259 e. The van der Waals surface area contributed by atoms with Crippen LogP contribution in [0.2, 0.25) is 5.02 Å². The fourth-order valence-electron chi connectivity index (χ4n) is 1.20. The molecule has 6 heteroatoms. The summed E-state index contributed by atoms with van der Waals surface area (Å²) in [5.74, 6) is 1.05. The Morgan fingerprint density at radius 1 is 1.56 bits per heavy atom. The van der Waals surface area contributed by atoms with Gasteiger partial charge in [-0.05, 0) is 6.07 Å². The van der Waals surface area contributed by atoms with Crippen molar-refractivity contribution in [3.8, 4) is 11.5 Å². The van der Waals surface area contributed by atoms with Crippen LogP contribution in [0.3, 0.4) is 0 Å². The minimum atomic E-state index is 0.0677. The van der Waals surface area contributed by atoms with Gasteiger partial charge in [0.1, 0.15) is 0 Å². The van der Waals surface area contributed by atoms with E-state index in [1.54, 1.807) is 12.3 Å². The molecular formula is C10H11ClN4O. The van der Waals surface area contributed by atoms with Gasteiger partial charge in [-0.1, -0.05) is 23.7 Å². The summed E-state index contributed by atoms with van der Waals surface area (Å²) in [6, 6.07) is 1.73. The van der Waals surface area contributed by atoms with Crippen molar-refractivity contribution in [1.82, 2.24) is 15.1 Å². The Labute approximate surface area is 97.6 Å². The molecule has 0 bridgehead atoms. The Morgan fingerprint density at radius 3 is 3.06 bits per heavy atom. The van der Waals surface area contributed by atoms with Gasteiger partial charge in [-0.15, -0.1) is 0 Å². The van der Waals surface area contributed by atoms with Crippen molar-refractivity contribution < 1.29 is 4.52 Å². The van der Waals surface area contributed by atoms with Gasteiger partial charge in [-0.3, -0.25) is 4.98 Å². The van der Waals surface area contributed by atoms with E-state index in [4.69, 9.17) is 21.9 Å². The Hall–Kier alpha value is -1.46. The van der Waals surface area contributed by atoms with Crippen LogP contribution in [0.4, 0.5) is 0 Å². The second kappa shape index (κ2) is 4.59. The zero-order valence-corrected chi connectivity index (χ0v) is 9.48. The average molecular weight is 239 g/mol. The van der Waals surface area contributed by atoms with E-state index in [2.05, 4.69) is 15.1 Å². The third-order valence-corrected chi connectivity index (χ3v) is 2.54. The third-order valence-electron chi connectivity index (χ3n) is 2.24. The monoisotopic (exact) mass is 238 g/mol. The van der Waals surface area contributed by atoms with Crippen molar-refractivity contribution in [1.29, 1.82) is 0 Å². The predicted molar refractivity (Wildman–Crippen MR) is 60.0 cm³/mol. The molecule has 16 heavy (non-hydrogen) atoms. The predicted octanol–water partition coefficient (Wildman–Crippen LogP) is 1.85. The Bertz CT molecular complexity index is 485. The molecule has 2 rings (SSSR count). The van der Waals surface area contributed by atoms with Gasteiger partial charge in [0.05, 0.1) is 10.6 Å². The highest BCUT2D eigenvalue weighted by atomic mass is 35.5. The summed E-state index contributed by atoms with van der Waals surface area (Å²) >= 11 is 5.97. The molecule has 1 unspecified atom stereocenters. The molecule has 1 atom stereocenters. The van der Waals surface area contributed by atoms with Crippen LogP contribution in [0.5, 0.6) is 0 Å². The molecule has 5 nitrogen and oxygen atoms in total. The maximum atomic E-state index is 5.97. The summed E-state index contributed by atoms with van der Waals surface area (Å²) < 4.78 is 5.13. The first-order valence-corrected chi connectivity index (χ1v) is 5.23. The molecule has 0 aliphatic carbocycles. The molecule has 0 aliphatic rings. The number of aromatic nitrogens is 3. The molecule has 2 N–H and O–H groups in total. The zero-order valence-electron chi connectivity index (χ0n) is 8.72. The lowest BCUT2D eigenvalue weighted by atomic mass is 10.2. The molecule has 2 heterocycles. The lowest BCUT2D eigenvalue weighted by Crippen LogP contribution is -2.10. The molecular weight excluding hydrogens is 228 g/mol. The van der Waals surface area contributed by atoms with Crippen LogP contribution in [-0.2, 0) is 0 Å². The molecule has 2 aromatic rings. The molecule has 0 spiro atoms. The van der Waals surface area contributed by atoms with Crippen LogP contribution in [0.1, 0.15) is 18.7 Å². The van der Waals surface area contributed by atoms with Gasteiger partial charge in [0.25, 0.3) is 5.89 Å². The Kier molecular flexibility index (Phi) is 3.17. The molecule has 2 aromatic heterocycles. The first-order valence-electron chi connectivity index (χ1n) is 4.86. The normalized spacial score (nSPS) is 12.7. The second-order valence-corrected chi connectivity index (χ2v) is 3.86. The summed E-state index contributed by atoms with van der Waals surface area (Å²) in [5, 5.41) is 4.34. The van der Waals surface area contributed by atoms with E-state index in [9.17, 15) is 0 Å². The fourth-order valence-corrected chi connectivity index (χ4v) is 1.40. The minimum absolute atomic E-state index is 0.0677. The highest BCUT2D eigenvalue weighted by Crippen LogP contribution is 2.25. The largest absolute Gasteiger partial charge is 0.334 e. The number of nitrogens with two attached hydrogens (primary N) is 1. The number of halogens is 1. The second-order valence-electron chi connectivity index (χ2n) is 3.45. The summed E-state index contributed by atoms with van der Waals surface area (Å²) in [5.41, 5.74) is 6.20. The Balaban J connectivity index is 2.35. The summed E-state index contributed by atoms with van der Waals surface area (Å²) in [6.45, 7) is 2.41. The van der Waals surface area contributed by atoms with E-state index in [1.165, 1.54) is 6.20 Å². The van der Waals surface area contributed by atoms with Gasteiger partial charge in [-0.25, -0.2) is 0 Å². The van der Waals surface area contributed by atoms with Crippen molar-refractivity contribution in [3.63, 3.8) is 0 Å². The van der Waals surface area contributed by atoms with E-state index in [0.717, 1.165) is 0 Å². The highest BCUT2D eigenvalue weighted by Gasteiger charge is 2.15. The van der Waals surface area contributed by atoms with Crippen molar-refractivity contribution in [2.75, 3.05) is 6.54 Å². The van der Waals surface area contributed by atoms with Gasteiger partial charge in [0, 0.05) is 24.9 Å². The molecule has 0 amide bonds. The minimum Gasteiger partial charge on any atom is -0.334 e. The Morgan fingerprint density at radius 2 is 2.38 bits per heavy atom. The topological polar surface area (TPSA) is 77.8 Å². The highest BCUT2D eigenvalue weighted by molar-refractivity contribution is 6.32. The van der Waals surface area contributed by atoms with Gasteiger partial charge in [0.15, 0.2) is 5.82 Å². The molecule has 84 valence electrons. The van der Waals surface area contributed by atoms with Gasteiger partial charge >= 0.3 is 0 Å². The van der Waals surface area contributed by atoms with E-state index in [0.29, 0.717) is 28.8 Å². The molecule has 0 aromatic carbocycles. The van der Waals surface area contributed by atoms with Crippen LogP contribution in [0.25, 0.3) is 11.5 Å². The lowest BCUT2D eigenvalue weighted by Gasteiger charge is -1.99. The number of nitrogens with zero attached hydrogens (tertiary/aromatic N) is 3. The summed E-state index contributed by atoms with van der Waals surface area (Å²) in [7, 11) is 0. The van der Waals surface area contributed by atoms with Crippen LogP contribution in [0, 0.1) is 0 Å². The lowest BCUT2D eigenvalue weighted by molar-refractivity contribution is 0.418. The summed E-state index contributed by atoms with van der Waals surface area (Å²) in [4.78, 5) is 8.13. The van der Waals surface area contributed by atoms with Crippen molar-refractivity contribution in [2.24, 2.45) is 5.73 Å². The SMILES string of the molecule is CC(CN)c1noc(-c2ccncc2Cl)n1. The standard InChI is InChI=1S/C10H11ClN4O/c1-6(4-12)9-14-10(16-15-9)7-2-3-13-5-8(7)11/h2-3,5-6H,4,12H2,1H3. The first kappa shape index (κ1) is 11.0. The summed E-state index contributed by atoms with van der Waals surface area (Å²) in [6.07, 6.45) is 3.16. The maximum absolute atomic E-state index is 5.97. The smallest absolute Gasteiger partial charge is 0.259 e. The molecule has 0 saturated carbocycles. The number of rotatable bonds is 3. The number of hydrogen-bond donors (Lipinski definition) is 1. The van der Waals surface area contributed by atoms with Gasteiger partial charge in [0.2, 0.25) is 0 Å². The van der Waals surface area contributed by atoms with Crippen molar-refractivity contribution in [2.45, 2.75) is 12.8 Å². The number of pyridine rings is 1. The third kappa shape index (κ3) is 2.05. The molecule has 0 saturated heterocycles. The molecule has 0 aliphatic heterocycles. The van der Waals surface area contributed by atoms with Crippen LogP contribution in [0.15, 0.2) is 23.0 Å². The van der Waals surface area contributed by atoms with E-state index in [-0.39, 0.29) is 5.92 Å². The molecule has 0 radical (unpaired) electrons. The van der Waals surface area contributed by atoms with Gasteiger partial charge in [-0.2, -0.15) is 4.98 Å². The van der Waals surface area contributed by atoms with Crippen molar-refractivity contribution in [3.05, 3.63) is 29.3 Å². The van der Waals surface area contributed by atoms with Crippen LogP contribution < -0.4 is 5.73 Å². The average Bonchev–Trinajstić information content (AvgIpc) is 2.78. The fraction of sp³-hybridized carbons (Fsp3) is 0.300.